The fraction of sp³-hybridized carbons (Fsp3) is 0.304. The molecule has 0 fully saturated rings. The molecule has 0 unspecified atom stereocenters. The summed E-state index contributed by atoms with van der Waals surface area (Å²) in [6.07, 6.45) is 1.73. The number of carbonyl (C=O) groups is 1. The van der Waals surface area contributed by atoms with Gasteiger partial charge >= 0.3 is 0 Å². The minimum atomic E-state index is -0.0772. The fourth-order valence-electron chi connectivity index (χ4n) is 3.66. The van der Waals surface area contributed by atoms with E-state index in [4.69, 9.17) is 4.74 Å². The number of aromatic nitrogens is 2. The van der Waals surface area contributed by atoms with Crippen molar-refractivity contribution in [1.29, 1.82) is 0 Å². The van der Waals surface area contributed by atoms with Crippen molar-refractivity contribution in [2.24, 2.45) is 0 Å². The average Bonchev–Trinajstić information content (AvgIpc) is 3.09. The maximum Gasteiger partial charge on any atom is 0.276 e. The summed E-state index contributed by atoms with van der Waals surface area (Å²) >= 11 is 0. The second-order valence-corrected chi connectivity index (χ2v) is 7.33. The molecular weight excluding hydrogens is 366 g/mol. The minimum Gasteiger partial charge on any atom is -0.493 e. The van der Waals surface area contributed by atoms with E-state index in [0.717, 1.165) is 22.7 Å². The van der Waals surface area contributed by atoms with Crippen molar-refractivity contribution < 1.29 is 9.53 Å². The summed E-state index contributed by atoms with van der Waals surface area (Å²) in [4.78, 5) is 27.2. The summed E-state index contributed by atoms with van der Waals surface area (Å²) in [5.41, 5.74) is 3.42. The zero-order chi connectivity index (χ0) is 20.2. The molecular formula is C23H25N3O3. The van der Waals surface area contributed by atoms with Crippen LogP contribution in [0.15, 0.2) is 59.4 Å². The first-order valence-electron chi connectivity index (χ1n) is 9.98. The van der Waals surface area contributed by atoms with Gasteiger partial charge in [0.25, 0.3) is 5.56 Å². The Morgan fingerprint density at radius 2 is 1.86 bits per heavy atom. The standard InChI is InChI=1S/C23H25N3O3/c1-17-8-5-6-11-21(17)29-15-7-12-22(27)25-14-13-20-19(16-25)23(28)26(24-20)18-9-3-2-4-10-18/h2-6,8-11,24H,7,12-16H2,1H3. The number of fused-ring (bicyclic) bond motifs is 1. The van der Waals surface area contributed by atoms with Crippen LogP contribution in [0.2, 0.25) is 0 Å². The Bertz CT molecular complexity index is 1050. The summed E-state index contributed by atoms with van der Waals surface area (Å²) in [5, 5.41) is 3.20. The molecule has 4 rings (SSSR count). The molecule has 1 N–H and O–H groups in total. The van der Waals surface area contributed by atoms with Crippen LogP contribution in [-0.4, -0.2) is 33.7 Å². The van der Waals surface area contributed by atoms with Gasteiger partial charge in [0.05, 0.1) is 24.4 Å². The lowest BCUT2D eigenvalue weighted by Gasteiger charge is -2.26. The number of carbonyl (C=O) groups excluding carboxylic acids is 1. The minimum absolute atomic E-state index is 0.0656. The van der Waals surface area contributed by atoms with Gasteiger partial charge < -0.3 is 9.64 Å². The van der Waals surface area contributed by atoms with Crippen LogP contribution in [0.5, 0.6) is 5.75 Å². The number of aryl methyl sites for hydroxylation is 1. The molecule has 0 radical (unpaired) electrons. The Kier molecular flexibility index (Phi) is 5.51. The molecule has 0 saturated carbocycles. The maximum atomic E-state index is 12.8. The number of H-pyrrole nitrogens is 1. The Morgan fingerprint density at radius 3 is 2.66 bits per heavy atom. The van der Waals surface area contributed by atoms with E-state index in [9.17, 15) is 9.59 Å². The molecule has 1 amide bonds. The summed E-state index contributed by atoms with van der Waals surface area (Å²) in [7, 11) is 0. The van der Waals surface area contributed by atoms with Gasteiger partial charge in [-0.1, -0.05) is 36.4 Å². The van der Waals surface area contributed by atoms with Gasteiger partial charge in [0.2, 0.25) is 5.91 Å². The van der Waals surface area contributed by atoms with Gasteiger partial charge in [0, 0.05) is 25.1 Å². The molecule has 0 atom stereocenters. The van der Waals surface area contributed by atoms with E-state index in [1.54, 1.807) is 9.58 Å². The lowest BCUT2D eigenvalue weighted by molar-refractivity contribution is -0.132. The van der Waals surface area contributed by atoms with Crippen LogP contribution in [0.3, 0.4) is 0 Å². The highest BCUT2D eigenvalue weighted by Gasteiger charge is 2.25. The molecule has 3 aromatic rings. The van der Waals surface area contributed by atoms with E-state index in [1.807, 2.05) is 61.5 Å². The first kappa shape index (κ1) is 19.1. The van der Waals surface area contributed by atoms with Crippen molar-refractivity contribution in [2.75, 3.05) is 13.2 Å². The largest absolute Gasteiger partial charge is 0.493 e. The summed E-state index contributed by atoms with van der Waals surface area (Å²) in [6, 6.07) is 17.4. The van der Waals surface area contributed by atoms with Crippen LogP contribution in [0.25, 0.3) is 5.69 Å². The molecule has 1 aliphatic rings. The maximum absolute atomic E-state index is 12.8. The first-order valence-corrected chi connectivity index (χ1v) is 9.98. The first-order chi connectivity index (χ1) is 14.1. The molecule has 0 spiro atoms. The second kappa shape index (κ2) is 8.39. The van der Waals surface area contributed by atoms with E-state index in [0.29, 0.717) is 44.5 Å². The van der Waals surface area contributed by atoms with E-state index in [2.05, 4.69) is 5.10 Å². The van der Waals surface area contributed by atoms with Gasteiger partial charge in [0.1, 0.15) is 5.75 Å². The summed E-state index contributed by atoms with van der Waals surface area (Å²) < 4.78 is 7.34. The van der Waals surface area contributed by atoms with E-state index < -0.39 is 0 Å². The van der Waals surface area contributed by atoms with Crippen molar-refractivity contribution in [2.45, 2.75) is 32.7 Å². The number of hydrogen-bond donors (Lipinski definition) is 1. The number of nitrogens with zero attached hydrogens (tertiary/aromatic N) is 2. The molecule has 2 aromatic carbocycles. The third-order valence-corrected chi connectivity index (χ3v) is 5.31. The van der Waals surface area contributed by atoms with Gasteiger partial charge in [0.15, 0.2) is 0 Å². The van der Waals surface area contributed by atoms with E-state index in [1.165, 1.54) is 0 Å². The van der Waals surface area contributed by atoms with Crippen molar-refractivity contribution >= 4 is 5.91 Å². The average molecular weight is 391 g/mol. The SMILES string of the molecule is Cc1ccccc1OCCCC(=O)N1CCc2[nH]n(-c3ccccc3)c(=O)c2C1. The number of ether oxygens (including phenoxy) is 1. The number of benzene rings is 2. The highest BCUT2D eigenvalue weighted by molar-refractivity contribution is 5.76. The number of amides is 1. The molecule has 2 heterocycles. The third kappa shape index (κ3) is 4.11. The van der Waals surface area contributed by atoms with Gasteiger partial charge in [-0.25, -0.2) is 4.68 Å². The van der Waals surface area contributed by atoms with Crippen LogP contribution < -0.4 is 10.3 Å². The van der Waals surface area contributed by atoms with Crippen molar-refractivity contribution in [1.82, 2.24) is 14.7 Å². The number of aromatic amines is 1. The van der Waals surface area contributed by atoms with Crippen LogP contribution in [0.1, 0.15) is 29.7 Å². The zero-order valence-electron chi connectivity index (χ0n) is 16.6. The van der Waals surface area contributed by atoms with Crippen molar-refractivity contribution in [3.63, 3.8) is 0 Å². The van der Waals surface area contributed by atoms with E-state index in [-0.39, 0.29) is 11.5 Å². The molecule has 1 aromatic heterocycles. The molecule has 6 nitrogen and oxygen atoms in total. The molecule has 0 saturated heterocycles. The molecule has 0 aliphatic carbocycles. The Morgan fingerprint density at radius 1 is 1.10 bits per heavy atom. The van der Waals surface area contributed by atoms with Gasteiger partial charge in [-0.3, -0.25) is 14.7 Å². The number of hydrogen-bond acceptors (Lipinski definition) is 3. The third-order valence-electron chi connectivity index (χ3n) is 5.31. The van der Waals surface area contributed by atoms with Crippen LogP contribution in [0, 0.1) is 6.92 Å². The van der Waals surface area contributed by atoms with Gasteiger partial charge in [-0.2, -0.15) is 0 Å². The number of para-hydroxylation sites is 2. The molecule has 6 heteroatoms. The smallest absolute Gasteiger partial charge is 0.276 e. The van der Waals surface area contributed by atoms with Crippen LogP contribution >= 0.6 is 0 Å². The quantitative estimate of drug-likeness (QED) is 0.656. The lowest BCUT2D eigenvalue weighted by atomic mass is 10.1. The van der Waals surface area contributed by atoms with Gasteiger partial charge in [-0.15, -0.1) is 0 Å². The monoisotopic (exact) mass is 391 g/mol. The number of nitrogens with one attached hydrogen (secondary N) is 1. The summed E-state index contributed by atoms with van der Waals surface area (Å²) in [6.45, 7) is 3.49. The van der Waals surface area contributed by atoms with Crippen LogP contribution in [0.4, 0.5) is 0 Å². The van der Waals surface area contributed by atoms with Gasteiger partial charge in [-0.05, 0) is 37.1 Å². The highest BCUT2D eigenvalue weighted by Crippen LogP contribution is 2.18. The van der Waals surface area contributed by atoms with E-state index >= 15 is 0 Å². The topological polar surface area (TPSA) is 67.3 Å². The lowest BCUT2D eigenvalue weighted by Crippen LogP contribution is -2.37. The Balaban J connectivity index is 1.35. The van der Waals surface area contributed by atoms with Crippen LogP contribution in [-0.2, 0) is 17.8 Å². The predicted octanol–water partition coefficient (Wildman–Crippen LogP) is 3.22. The predicted molar refractivity (Wildman–Crippen MR) is 111 cm³/mol. The van der Waals surface area contributed by atoms with Crippen molar-refractivity contribution in [3.8, 4) is 11.4 Å². The number of rotatable bonds is 6. The zero-order valence-corrected chi connectivity index (χ0v) is 16.6. The Labute approximate surface area is 169 Å². The second-order valence-electron chi connectivity index (χ2n) is 7.33. The fourth-order valence-corrected chi connectivity index (χ4v) is 3.66. The molecule has 1 aliphatic heterocycles. The normalized spacial score (nSPS) is 13.2. The molecule has 29 heavy (non-hydrogen) atoms. The molecule has 150 valence electrons. The highest BCUT2D eigenvalue weighted by atomic mass is 16.5. The molecule has 0 bridgehead atoms. The summed E-state index contributed by atoms with van der Waals surface area (Å²) in [5.74, 6) is 0.923. The van der Waals surface area contributed by atoms with Crippen molar-refractivity contribution in [3.05, 3.63) is 81.8 Å². The Hall–Kier alpha value is -3.28.